The van der Waals surface area contributed by atoms with E-state index in [2.05, 4.69) is 4.99 Å². The van der Waals surface area contributed by atoms with Gasteiger partial charge in [0, 0.05) is 6.20 Å². The van der Waals surface area contributed by atoms with E-state index in [-0.39, 0.29) is 5.91 Å². The minimum atomic E-state index is -0.105. The average Bonchev–Trinajstić information content (AvgIpc) is 2.77. The van der Waals surface area contributed by atoms with Crippen LogP contribution in [0.15, 0.2) is 59.4 Å². The smallest absolute Gasteiger partial charge is 0.282 e. The Morgan fingerprint density at radius 3 is 2.68 bits per heavy atom. The summed E-state index contributed by atoms with van der Waals surface area (Å²) in [5.74, 6) is 1.34. The molecule has 2 aliphatic heterocycles. The average molecular weight is 252 g/mol. The number of allylic oxidation sites excluding steroid dienone is 2. The van der Waals surface area contributed by atoms with Gasteiger partial charge in [0.05, 0.1) is 7.11 Å². The van der Waals surface area contributed by atoms with Crippen LogP contribution in [0.2, 0.25) is 0 Å². The molecule has 0 spiro atoms. The molecule has 0 saturated carbocycles. The van der Waals surface area contributed by atoms with Crippen LogP contribution in [-0.2, 0) is 4.79 Å². The van der Waals surface area contributed by atoms with Crippen LogP contribution in [0, 0.1) is 0 Å². The normalized spacial score (nSPS) is 18.8. The fraction of sp³-hybridized carbons (Fsp3) is 0.0667. The fourth-order valence-corrected chi connectivity index (χ4v) is 1.94. The van der Waals surface area contributed by atoms with Gasteiger partial charge in [-0.15, -0.1) is 0 Å². The van der Waals surface area contributed by atoms with Gasteiger partial charge in [0.1, 0.15) is 17.3 Å². The Morgan fingerprint density at radius 2 is 2.00 bits per heavy atom. The molecule has 0 aromatic heterocycles. The first kappa shape index (κ1) is 11.5. The Hall–Kier alpha value is -2.62. The molecule has 0 radical (unpaired) electrons. The van der Waals surface area contributed by atoms with Crippen molar-refractivity contribution in [3.63, 3.8) is 0 Å². The molecule has 0 fully saturated rings. The number of methoxy groups -OCH3 is 1. The first-order valence-electron chi connectivity index (χ1n) is 5.91. The molecule has 0 N–H and O–H groups in total. The van der Waals surface area contributed by atoms with Gasteiger partial charge in [0.15, 0.2) is 0 Å². The van der Waals surface area contributed by atoms with Crippen molar-refractivity contribution in [1.29, 1.82) is 0 Å². The zero-order valence-corrected chi connectivity index (χ0v) is 10.4. The van der Waals surface area contributed by atoms with Crippen LogP contribution in [-0.4, -0.2) is 23.8 Å². The van der Waals surface area contributed by atoms with Gasteiger partial charge in [0.25, 0.3) is 5.91 Å². The van der Waals surface area contributed by atoms with Crippen LogP contribution in [0.25, 0.3) is 6.08 Å². The molecule has 1 aromatic rings. The highest BCUT2D eigenvalue weighted by Crippen LogP contribution is 2.21. The maximum absolute atomic E-state index is 12.1. The van der Waals surface area contributed by atoms with E-state index in [9.17, 15) is 4.79 Å². The van der Waals surface area contributed by atoms with Crippen molar-refractivity contribution in [1.82, 2.24) is 4.90 Å². The van der Waals surface area contributed by atoms with Gasteiger partial charge in [-0.05, 0) is 35.9 Å². The molecule has 0 unspecified atom stereocenters. The summed E-state index contributed by atoms with van der Waals surface area (Å²) in [6, 6.07) is 7.49. The van der Waals surface area contributed by atoms with Crippen LogP contribution in [0.4, 0.5) is 0 Å². The number of rotatable bonds is 2. The second-order valence-electron chi connectivity index (χ2n) is 4.15. The van der Waals surface area contributed by atoms with Crippen molar-refractivity contribution >= 4 is 17.8 Å². The second-order valence-corrected chi connectivity index (χ2v) is 4.15. The number of amidine groups is 1. The van der Waals surface area contributed by atoms with Crippen molar-refractivity contribution in [2.45, 2.75) is 0 Å². The predicted octanol–water partition coefficient (Wildman–Crippen LogP) is 2.36. The van der Waals surface area contributed by atoms with E-state index >= 15 is 0 Å². The molecule has 94 valence electrons. The molecule has 0 atom stereocenters. The zero-order valence-electron chi connectivity index (χ0n) is 10.4. The number of hydrogen-bond donors (Lipinski definition) is 0. The third-order valence-electron chi connectivity index (χ3n) is 2.93. The van der Waals surface area contributed by atoms with Crippen molar-refractivity contribution in [2.24, 2.45) is 4.99 Å². The molecular weight excluding hydrogens is 240 g/mol. The molecule has 0 bridgehead atoms. The Bertz CT molecular complexity index is 637. The number of benzene rings is 1. The summed E-state index contributed by atoms with van der Waals surface area (Å²) in [4.78, 5) is 18.0. The van der Waals surface area contributed by atoms with Crippen LogP contribution < -0.4 is 4.74 Å². The van der Waals surface area contributed by atoms with Gasteiger partial charge in [-0.3, -0.25) is 9.69 Å². The highest BCUT2D eigenvalue weighted by atomic mass is 16.5. The first-order chi connectivity index (χ1) is 9.28. The van der Waals surface area contributed by atoms with E-state index in [0.717, 1.165) is 11.3 Å². The number of aliphatic imine (C=N–C) groups is 1. The molecule has 1 amide bonds. The molecule has 0 saturated heterocycles. The standard InChI is InChI=1S/C15H12N2O2/c1-19-12-7-5-11(6-8-12)10-13-15(18)17-9-3-2-4-14(17)16-13/h2-10H,1H3/b13-10-. The molecule has 2 heterocycles. The number of nitrogens with zero attached hydrogens (tertiary/aromatic N) is 2. The van der Waals surface area contributed by atoms with Crippen LogP contribution in [0.3, 0.4) is 0 Å². The topological polar surface area (TPSA) is 41.9 Å². The Kier molecular flexibility index (Phi) is 2.76. The Morgan fingerprint density at radius 1 is 1.21 bits per heavy atom. The van der Waals surface area contributed by atoms with Gasteiger partial charge < -0.3 is 4.74 Å². The van der Waals surface area contributed by atoms with Crippen molar-refractivity contribution in [3.8, 4) is 5.75 Å². The quantitative estimate of drug-likeness (QED) is 0.758. The van der Waals surface area contributed by atoms with E-state index in [1.807, 2.05) is 42.5 Å². The summed E-state index contributed by atoms with van der Waals surface area (Å²) in [6.07, 6.45) is 8.98. The van der Waals surface area contributed by atoms with E-state index in [4.69, 9.17) is 4.74 Å². The summed E-state index contributed by atoms with van der Waals surface area (Å²) < 4.78 is 5.10. The van der Waals surface area contributed by atoms with Gasteiger partial charge in [0.2, 0.25) is 0 Å². The lowest BCUT2D eigenvalue weighted by Crippen LogP contribution is -2.26. The van der Waals surface area contributed by atoms with Gasteiger partial charge in [-0.25, -0.2) is 4.99 Å². The van der Waals surface area contributed by atoms with Gasteiger partial charge in [-0.2, -0.15) is 0 Å². The van der Waals surface area contributed by atoms with Crippen LogP contribution in [0.5, 0.6) is 5.75 Å². The number of amides is 1. The maximum Gasteiger partial charge on any atom is 0.282 e. The lowest BCUT2D eigenvalue weighted by atomic mass is 10.2. The summed E-state index contributed by atoms with van der Waals surface area (Å²) in [5, 5.41) is 0. The molecule has 0 aliphatic carbocycles. The van der Waals surface area contributed by atoms with E-state index in [1.54, 1.807) is 19.4 Å². The van der Waals surface area contributed by atoms with Crippen LogP contribution >= 0.6 is 0 Å². The molecule has 4 nitrogen and oxygen atoms in total. The minimum Gasteiger partial charge on any atom is -0.497 e. The minimum absolute atomic E-state index is 0.105. The lowest BCUT2D eigenvalue weighted by Gasteiger charge is -2.11. The van der Waals surface area contributed by atoms with Gasteiger partial charge in [-0.1, -0.05) is 18.2 Å². The lowest BCUT2D eigenvalue weighted by molar-refractivity contribution is -0.120. The summed E-state index contributed by atoms with van der Waals surface area (Å²) in [7, 11) is 1.62. The van der Waals surface area contributed by atoms with Crippen molar-refractivity contribution in [3.05, 3.63) is 60.0 Å². The van der Waals surface area contributed by atoms with Crippen molar-refractivity contribution < 1.29 is 9.53 Å². The number of fused-ring (bicyclic) bond motifs is 1. The second kappa shape index (κ2) is 4.57. The Labute approximate surface area is 111 Å². The molecule has 19 heavy (non-hydrogen) atoms. The number of carbonyl (C=O) groups excluding carboxylic acids is 1. The van der Waals surface area contributed by atoms with E-state index in [1.165, 1.54) is 4.90 Å². The number of hydrogen-bond acceptors (Lipinski definition) is 3. The zero-order chi connectivity index (χ0) is 13.2. The summed E-state index contributed by atoms with van der Waals surface area (Å²) >= 11 is 0. The van der Waals surface area contributed by atoms with Gasteiger partial charge >= 0.3 is 0 Å². The third kappa shape index (κ3) is 2.08. The van der Waals surface area contributed by atoms with Crippen LogP contribution in [0.1, 0.15) is 5.56 Å². The largest absolute Gasteiger partial charge is 0.497 e. The van der Waals surface area contributed by atoms with Crippen molar-refractivity contribution in [2.75, 3.05) is 7.11 Å². The van der Waals surface area contributed by atoms with E-state index in [0.29, 0.717) is 11.5 Å². The highest BCUT2D eigenvalue weighted by molar-refractivity contribution is 6.18. The number of carbonyl (C=O) groups is 1. The molecule has 1 aromatic carbocycles. The molecular formula is C15H12N2O2. The fourth-order valence-electron chi connectivity index (χ4n) is 1.94. The highest BCUT2D eigenvalue weighted by Gasteiger charge is 2.27. The summed E-state index contributed by atoms with van der Waals surface area (Å²) in [5.41, 5.74) is 1.36. The monoisotopic (exact) mass is 252 g/mol. The molecule has 4 heteroatoms. The molecule has 3 rings (SSSR count). The molecule has 2 aliphatic rings. The SMILES string of the molecule is COc1ccc(/C=C2\N=C3C=CC=CN3C2=O)cc1. The predicted molar refractivity (Wildman–Crippen MR) is 73.5 cm³/mol. The Balaban J connectivity index is 1.91. The summed E-state index contributed by atoms with van der Waals surface area (Å²) in [6.45, 7) is 0. The number of ether oxygens (including phenoxy) is 1. The first-order valence-corrected chi connectivity index (χ1v) is 5.91. The maximum atomic E-state index is 12.1. The van der Waals surface area contributed by atoms with E-state index < -0.39 is 0 Å². The third-order valence-corrected chi connectivity index (χ3v) is 2.93.